The molecule has 3 rings (SSSR count). The Bertz CT molecular complexity index is 692. The van der Waals surface area contributed by atoms with Gasteiger partial charge in [0.1, 0.15) is 0 Å². The molecule has 0 radical (unpaired) electrons. The summed E-state index contributed by atoms with van der Waals surface area (Å²) in [5, 5.41) is 9.59. The molecule has 1 aliphatic heterocycles. The largest absolute Gasteiger partial charge is 0.352 e. The third-order valence-electron chi connectivity index (χ3n) is 4.85. The van der Waals surface area contributed by atoms with Crippen LogP contribution in [-0.2, 0) is 13.6 Å². The summed E-state index contributed by atoms with van der Waals surface area (Å²) in [7, 11) is 1.88. The van der Waals surface area contributed by atoms with Crippen LogP contribution in [0.4, 0.5) is 0 Å². The molecule has 0 spiro atoms. The van der Waals surface area contributed by atoms with Gasteiger partial charge in [0.05, 0.1) is 11.3 Å². The Labute approximate surface area is 147 Å². The quantitative estimate of drug-likeness (QED) is 0.906. The van der Waals surface area contributed by atoms with Gasteiger partial charge in [0.2, 0.25) is 0 Å². The average molecular weight is 346 g/mol. The zero-order valence-electron chi connectivity index (χ0n) is 14.7. The SMILES string of the molecule is Cc1nn(C)c(C)c1C(=O)NC[C@@H]1CCCN(Cc2cccs2)C1. The molecule has 1 saturated heterocycles. The smallest absolute Gasteiger partial charge is 0.255 e. The zero-order chi connectivity index (χ0) is 17.1. The predicted molar refractivity (Wildman–Crippen MR) is 97.3 cm³/mol. The van der Waals surface area contributed by atoms with Gasteiger partial charge in [-0.25, -0.2) is 0 Å². The first-order valence-electron chi connectivity index (χ1n) is 8.57. The number of thiophene rings is 1. The first-order chi connectivity index (χ1) is 11.5. The van der Waals surface area contributed by atoms with Crippen LogP contribution in [-0.4, -0.2) is 40.2 Å². The lowest BCUT2D eigenvalue weighted by molar-refractivity contribution is 0.0929. The highest BCUT2D eigenvalue weighted by atomic mass is 32.1. The molecule has 1 fully saturated rings. The molecule has 1 atom stereocenters. The molecule has 130 valence electrons. The van der Waals surface area contributed by atoms with Crippen molar-refractivity contribution >= 4 is 17.2 Å². The number of rotatable bonds is 5. The Morgan fingerprint density at radius 1 is 1.46 bits per heavy atom. The van der Waals surface area contributed by atoms with Crippen molar-refractivity contribution in [3.8, 4) is 0 Å². The van der Waals surface area contributed by atoms with E-state index in [9.17, 15) is 4.79 Å². The number of nitrogens with one attached hydrogen (secondary N) is 1. The van der Waals surface area contributed by atoms with Gasteiger partial charge in [0, 0.05) is 37.3 Å². The fourth-order valence-electron chi connectivity index (χ4n) is 3.51. The third kappa shape index (κ3) is 3.87. The van der Waals surface area contributed by atoms with Crippen molar-refractivity contribution in [2.75, 3.05) is 19.6 Å². The molecular formula is C18H26N4OS. The van der Waals surface area contributed by atoms with Crippen LogP contribution in [0.1, 0.15) is 39.5 Å². The number of aryl methyl sites for hydroxylation is 2. The molecule has 1 aliphatic rings. The molecule has 24 heavy (non-hydrogen) atoms. The molecular weight excluding hydrogens is 320 g/mol. The highest BCUT2D eigenvalue weighted by molar-refractivity contribution is 7.09. The van der Waals surface area contributed by atoms with Crippen LogP contribution in [0.25, 0.3) is 0 Å². The minimum atomic E-state index is 0.00785. The van der Waals surface area contributed by atoms with Crippen molar-refractivity contribution in [2.24, 2.45) is 13.0 Å². The summed E-state index contributed by atoms with van der Waals surface area (Å²) >= 11 is 1.82. The lowest BCUT2D eigenvalue weighted by Gasteiger charge is -2.32. The predicted octanol–water partition coefficient (Wildman–Crippen LogP) is 2.74. The standard InChI is InChI=1S/C18H26N4OS/c1-13-17(14(2)21(3)20-13)18(23)19-10-15-6-4-8-22(11-15)12-16-7-5-9-24-16/h5,7,9,15H,4,6,8,10-12H2,1-3H3,(H,19,23)/t15-/m0/s1. The summed E-state index contributed by atoms with van der Waals surface area (Å²) in [5.74, 6) is 0.536. The van der Waals surface area contributed by atoms with Gasteiger partial charge in [-0.2, -0.15) is 5.10 Å². The number of likely N-dealkylation sites (tertiary alicyclic amines) is 1. The zero-order valence-corrected chi connectivity index (χ0v) is 15.5. The number of aromatic nitrogens is 2. The second-order valence-electron chi connectivity index (χ2n) is 6.70. The van der Waals surface area contributed by atoms with E-state index in [0.29, 0.717) is 5.92 Å². The van der Waals surface area contributed by atoms with Gasteiger partial charge in [0.15, 0.2) is 0 Å². The van der Waals surface area contributed by atoms with Crippen LogP contribution in [0, 0.1) is 19.8 Å². The van der Waals surface area contributed by atoms with Crippen molar-refractivity contribution in [2.45, 2.75) is 33.2 Å². The molecule has 0 saturated carbocycles. The Morgan fingerprint density at radius 3 is 2.96 bits per heavy atom. The van der Waals surface area contributed by atoms with E-state index in [0.717, 1.165) is 43.1 Å². The van der Waals surface area contributed by atoms with Gasteiger partial charge in [-0.15, -0.1) is 11.3 Å². The fraction of sp³-hybridized carbons (Fsp3) is 0.556. The summed E-state index contributed by atoms with van der Waals surface area (Å²) in [4.78, 5) is 16.4. The van der Waals surface area contributed by atoms with Gasteiger partial charge in [-0.1, -0.05) is 6.07 Å². The van der Waals surface area contributed by atoms with Gasteiger partial charge in [-0.3, -0.25) is 14.4 Å². The highest BCUT2D eigenvalue weighted by Gasteiger charge is 2.22. The Morgan fingerprint density at radius 2 is 2.29 bits per heavy atom. The second-order valence-corrected chi connectivity index (χ2v) is 7.73. The number of hydrogen-bond acceptors (Lipinski definition) is 4. The molecule has 2 aromatic heterocycles. The van der Waals surface area contributed by atoms with E-state index in [-0.39, 0.29) is 5.91 Å². The Kier molecular flexibility index (Phi) is 5.36. The maximum Gasteiger partial charge on any atom is 0.255 e. The first-order valence-corrected chi connectivity index (χ1v) is 9.45. The van der Waals surface area contributed by atoms with Crippen LogP contribution in [0.5, 0.6) is 0 Å². The number of amides is 1. The summed E-state index contributed by atoms with van der Waals surface area (Å²) < 4.78 is 1.77. The van der Waals surface area contributed by atoms with Gasteiger partial charge < -0.3 is 5.32 Å². The number of hydrogen-bond donors (Lipinski definition) is 1. The van der Waals surface area contributed by atoms with Gasteiger partial charge in [0.25, 0.3) is 5.91 Å². The van der Waals surface area contributed by atoms with Gasteiger partial charge >= 0.3 is 0 Å². The van der Waals surface area contributed by atoms with Crippen molar-refractivity contribution in [1.29, 1.82) is 0 Å². The van der Waals surface area contributed by atoms with Crippen molar-refractivity contribution in [1.82, 2.24) is 20.0 Å². The van der Waals surface area contributed by atoms with Crippen LogP contribution in [0.15, 0.2) is 17.5 Å². The van der Waals surface area contributed by atoms with Crippen molar-refractivity contribution < 1.29 is 4.79 Å². The minimum absolute atomic E-state index is 0.00785. The summed E-state index contributed by atoms with van der Waals surface area (Å²) in [6, 6.07) is 4.31. The fourth-order valence-corrected chi connectivity index (χ4v) is 4.26. The molecule has 1 N–H and O–H groups in total. The molecule has 1 amide bonds. The van der Waals surface area contributed by atoms with Crippen LogP contribution < -0.4 is 5.32 Å². The topological polar surface area (TPSA) is 50.2 Å². The Hall–Kier alpha value is -1.66. The maximum absolute atomic E-state index is 12.5. The van der Waals surface area contributed by atoms with E-state index in [2.05, 4.69) is 32.8 Å². The molecule has 0 aromatic carbocycles. The highest BCUT2D eigenvalue weighted by Crippen LogP contribution is 2.20. The molecule has 5 nitrogen and oxygen atoms in total. The molecule has 6 heteroatoms. The van der Waals surface area contributed by atoms with E-state index < -0.39 is 0 Å². The van der Waals surface area contributed by atoms with Gasteiger partial charge in [-0.05, 0) is 50.6 Å². The van der Waals surface area contributed by atoms with Crippen LogP contribution >= 0.6 is 11.3 Å². The molecule has 0 bridgehead atoms. The lowest BCUT2D eigenvalue weighted by Crippen LogP contribution is -2.40. The number of nitrogens with zero attached hydrogens (tertiary/aromatic N) is 3. The van der Waals surface area contributed by atoms with E-state index in [1.165, 1.54) is 17.7 Å². The monoisotopic (exact) mass is 346 g/mol. The number of carbonyl (C=O) groups is 1. The molecule has 3 heterocycles. The number of carbonyl (C=O) groups excluding carboxylic acids is 1. The number of piperidine rings is 1. The van der Waals surface area contributed by atoms with Crippen molar-refractivity contribution in [3.05, 3.63) is 39.3 Å². The molecule has 2 aromatic rings. The second kappa shape index (κ2) is 7.49. The van der Waals surface area contributed by atoms with E-state index in [1.807, 2.05) is 32.2 Å². The minimum Gasteiger partial charge on any atom is -0.352 e. The van der Waals surface area contributed by atoms with E-state index in [4.69, 9.17) is 0 Å². The molecule has 0 unspecified atom stereocenters. The Balaban J connectivity index is 1.53. The first kappa shape index (κ1) is 17.2. The van der Waals surface area contributed by atoms with E-state index in [1.54, 1.807) is 4.68 Å². The molecule has 0 aliphatic carbocycles. The maximum atomic E-state index is 12.5. The van der Waals surface area contributed by atoms with E-state index >= 15 is 0 Å². The summed E-state index contributed by atoms with van der Waals surface area (Å²) in [6.45, 7) is 7.83. The van der Waals surface area contributed by atoms with Crippen LogP contribution in [0.3, 0.4) is 0 Å². The summed E-state index contributed by atoms with van der Waals surface area (Å²) in [6.07, 6.45) is 2.39. The third-order valence-corrected chi connectivity index (χ3v) is 5.71. The summed E-state index contributed by atoms with van der Waals surface area (Å²) in [5.41, 5.74) is 2.45. The lowest BCUT2D eigenvalue weighted by atomic mass is 9.97. The average Bonchev–Trinajstić information content (AvgIpc) is 3.14. The normalized spacial score (nSPS) is 18.7. The van der Waals surface area contributed by atoms with Crippen LogP contribution in [0.2, 0.25) is 0 Å². The van der Waals surface area contributed by atoms with Crippen molar-refractivity contribution in [3.63, 3.8) is 0 Å².